The number of likely N-dealkylation sites (tertiary alicyclic amines) is 1. The number of hydrogen-bond acceptors (Lipinski definition) is 8. The van der Waals surface area contributed by atoms with E-state index in [9.17, 15) is 4.79 Å². The van der Waals surface area contributed by atoms with Gasteiger partial charge in [0.05, 0.1) is 19.0 Å². The van der Waals surface area contributed by atoms with Crippen LogP contribution in [0.25, 0.3) is 0 Å². The predicted molar refractivity (Wildman–Crippen MR) is 124 cm³/mol. The predicted octanol–water partition coefficient (Wildman–Crippen LogP) is 3.58. The summed E-state index contributed by atoms with van der Waals surface area (Å²) in [5, 5.41) is 3.08. The largest absolute Gasteiger partial charge is 0.497 e. The summed E-state index contributed by atoms with van der Waals surface area (Å²) in [7, 11) is 1.61. The first-order valence-corrected chi connectivity index (χ1v) is 11.1. The smallest absolute Gasteiger partial charge is 0.263 e. The number of hydrogen-bond donors (Lipinski definition) is 1. The maximum atomic E-state index is 13.1. The molecule has 1 amide bonds. The molecule has 1 aliphatic rings. The Kier molecular flexibility index (Phi) is 7.29. The van der Waals surface area contributed by atoms with E-state index in [-0.39, 0.29) is 11.8 Å². The zero-order valence-electron chi connectivity index (χ0n) is 18.8. The van der Waals surface area contributed by atoms with Gasteiger partial charge >= 0.3 is 0 Å². The Balaban J connectivity index is 1.35. The summed E-state index contributed by atoms with van der Waals surface area (Å²) in [6.45, 7) is 3.27. The van der Waals surface area contributed by atoms with Gasteiger partial charge in [0.2, 0.25) is 5.95 Å². The number of ether oxygens (including phenoxy) is 2. The molecule has 2 aromatic heterocycles. The minimum Gasteiger partial charge on any atom is -0.497 e. The van der Waals surface area contributed by atoms with Crippen LogP contribution in [0.2, 0.25) is 0 Å². The molecule has 3 heterocycles. The highest BCUT2D eigenvalue weighted by molar-refractivity contribution is 5.81. The van der Waals surface area contributed by atoms with Crippen LogP contribution in [0.3, 0.4) is 0 Å². The topological polar surface area (TPSA) is 102 Å². The molecular weight excluding hydrogens is 420 g/mol. The summed E-state index contributed by atoms with van der Waals surface area (Å²) >= 11 is 0. The number of nitrogens with zero attached hydrogens (tertiary/aromatic N) is 5. The van der Waals surface area contributed by atoms with Crippen LogP contribution in [0.4, 0.5) is 11.8 Å². The van der Waals surface area contributed by atoms with Crippen LogP contribution >= 0.6 is 0 Å². The lowest BCUT2D eigenvalue weighted by atomic mass is 9.93. The van der Waals surface area contributed by atoms with Gasteiger partial charge in [-0.25, -0.2) is 15.0 Å². The van der Waals surface area contributed by atoms with Crippen LogP contribution < -0.4 is 14.8 Å². The lowest BCUT2D eigenvalue weighted by Crippen LogP contribution is -2.45. The van der Waals surface area contributed by atoms with Gasteiger partial charge in [0, 0.05) is 43.7 Å². The summed E-state index contributed by atoms with van der Waals surface area (Å²) in [6, 6.07) is 9.09. The molecule has 0 bridgehead atoms. The van der Waals surface area contributed by atoms with E-state index in [0.717, 1.165) is 18.5 Å². The highest BCUT2D eigenvalue weighted by Gasteiger charge is 2.30. The lowest BCUT2D eigenvalue weighted by molar-refractivity contribution is -0.140. The number of nitrogens with one attached hydrogen (secondary N) is 1. The summed E-state index contributed by atoms with van der Waals surface area (Å²) < 4.78 is 11.2. The van der Waals surface area contributed by atoms with Crippen LogP contribution in [-0.4, -0.2) is 57.0 Å². The van der Waals surface area contributed by atoms with Crippen molar-refractivity contribution in [1.82, 2.24) is 24.8 Å². The fourth-order valence-electron chi connectivity index (χ4n) is 3.86. The van der Waals surface area contributed by atoms with Crippen molar-refractivity contribution in [2.24, 2.45) is 0 Å². The zero-order valence-corrected chi connectivity index (χ0v) is 18.8. The van der Waals surface area contributed by atoms with Gasteiger partial charge in [-0.1, -0.05) is 13.0 Å². The van der Waals surface area contributed by atoms with Crippen LogP contribution in [-0.2, 0) is 4.79 Å². The standard InChI is InChI=1S/C24H28N6O3/c1-3-21(33-19-7-4-6-18(14-19)32-2)23(31)30-12-8-17(9-13-30)20-15-25-16-22(28-20)29-24-26-10-5-11-27-24/h4-7,10-11,14-17,21H,3,8-9,12-13H2,1-2H3,(H,26,27,28,29)/t21-/m1/s1. The average Bonchev–Trinajstić information content (AvgIpc) is 2.88. The van der Waals surface area contributed by atoms with Gasteiger partial charge in [-0.2, -0.15) is 0 Å². The van der Waals surface area contributed by atoms with Crippen LogP contribution in [0.1, 0.15) is 37.8 Å². The second-order valence-electron chi connectivity index (χ2n) is 7.82. The number of rotatable bonds is 8. The normalized spacial score (nSPS) is 15.0. The van der Waals surface area contributed by atoms with Gasteiger partial charge in [-0.3, -0.25) is 9.78 Å². The highest BCUT2D eigenvalue weighted by atomic mass is 16.5. The highest BCUT2D eigenvalue weighted by Crippen LogP contribution is 2.28. The zero-order chi connectivity index (χ0) is 23.0. The summed E-state index contributed by atoms with van der Waals surface area (Å²) in [6.07, 6.45) is 8.49. The van der Waals surface area contributed by atoms with Crippen molar-refractivity contribution in [3.8, 4) is 11.5 Å². The Hall–Kier alpha value is -3.75. The third-order valence-electron chi connectivity index (χ3n) is 5.65. The molecule has 1 atom stereocenters. The maximum absolute atomic E-state index is 13.1. The number of aromatic nitrogens is 4. The first kappa shape index (κ1) is 22.4. The van der Waals surface area contributed by atoms with Gasteiger partial charge in [-0.05, 0) is 37.5 Å². The van der Waals surface area contributed by atoms with E-state index >= 15 is 0 Å². The van der Waals surface area contributed by atoms with Gasteiger partial charge in [0.15, 0.2) is 11.9 Å². The molecular formula is C24H28N6O3. The van der Waals surface area contributed by atoms with Gasteiger partial charge < -0.3 is 19.7 Å². The second-order valence-corrected chi connectivity index (χ2v) is 7.82. The van der Waals surface area contributed by atoms with E-state index in [1.165, 1.54) is 0 Å². The summed E-state index contributed by atoms with van der Waals surface area (Å²) in [5.41, 5.74) is 0.905. The van der Waals surface area contributed by atoms with E-state index in [1.54, 1.807) is 44.0 Å². The summed E-state index contributed by atoms with van der Waals surface area (Å²) in [5.74, 6) is 2.67. The van der Waals surface area contributed by atoms with Gasteiger partial charge in [-0.15, -0.1) is 0 Å². The summed E-state index contributed by atoms with van der Waals surface area (Å²) in [4.78, 5) is 32.3. The molecule has 0 saturated carbocycles. The van der Waals surface area contributed by atoms with E-state index in [2.05, 4.69) is 20.3 Å². The monoisotopic (exact) mass is 448 g/mol. The number of piperidine rings is 1. The molecule has 1 fully saturated rings. The van der Waals surface area contributed by atoms with Crippen molar-refractivity contribution >= 4 is 17.7 Å². The Morgan fingerprint density at radius 1 is 1.15 bits per heavy atom. The third kappa shape index (κ3) is 5.74. The van der Waals surface area contributed by atoms with E-state index in [0.29, 0.717) is 42.8 Å². The lowest BCUT2D eigenvalue weighted by Gasteiger charge is -2.33. The number of anilines is 2. The molecule has 33 heavy (non-hydrogen) atoms. The van der Waals surface area contributed by atoms with E-state index in [4.69, 9.17) is 14.5 Å². The Morgan fingerprint density at radius 2 is 1.91 bits per heavy atom. The molecule has 1 aliphatic heterocycles. The number of benzene rings is 1. The minimum atomic E-state index is -0.521. The van der Waals surface area contributed by atoms with Crippen LogP contribution in [0.15, 0.2) is 55.1 Å². The molecule has 1 saturated heterocycles. The van der Waals surface area contributed by atoms with E-state index in [1.807, 2.05) is 30.0 Å². The van der Waals surface area contributed by atoms with Crippen molar-refractivity contribution in [2.45, 2.75) is 38.2 Å². The van der Waals surface area contributed by atoms with Crippen LogP contribution in [0, 0.1) is 0 Å². The quantitative estimate of drug-likeness (QED) is 0.558. The molecule has 1 N–H and O–H groups in total. The van der Waals surface area contributed by atoms with E-state index < -0.39 is 6.10 Å². The molecule has 9 heteroatoms. The molecule has 3 aromatic rings. The van der Waals surface area contributed by atoms with Crippen molar-refractivity contribution in [3.63, 3.8) is 0 Å². The molecule has 0 unspecified atom stereocenters. The van der Waals surface area contributed by atoms with Crippen molar-refractivity contribution < 1.29 is 14.3 Å². The maximum Gasteiger partial charge on any atom is 0.263 e. The number of amides is 1. The van der Waals surface area contributed by atoms with Gasteiger partial charge in [0.25, 0.3) is 5.91 Å². The van der Waals surface area contributed by atoms with Crippen molar-refractivity contribution in [1.29, 1.82) is 0 Å². The Morgan fingerprint density at radius 3 is 2.64 bits per heavy atom. The number of carbonyl (C=O) groups excluding carboxylic acids is 1. The first-order chi connectivity index (χ1) is 16.2. The SMILES string of the molecule is CC[C@@H](Oc1cccc(OC)c1)C(=O)N1CCC(c2cncc(Nc3ncccn3)n2)CC1. The minimum absolute atomic E-state index is 0.0153. The van der Waals surface area contributed by atoms with Crippen molar-refractivity contribution in [3.05, 3.63) is 60.8 Å². The fourth-order valence-corrected chi connectivity index (χ4v) is 3.86. The molecule has 0 aliphatic carbocycles. The molecule has 4 rings (SSSR count). The fraction of sp³-hybridized carbons (Fsp3) is 0.375. The first-order valence-electron chi connectivity index (χ1n) is 11.1. The average molecular weight is 449 g/mol. The molecule has 1 aromatic carbocycles. The molecule has 9 nitrogen and oxygen atoms in total. The molecule has 0 spiro atoms. The molecule has 0 radical (unpaired) electrons. The van der Waals surface area contributed by atoms with Crippen LogP contribution in [0.5, 0.6) is 11.5 Å². The second kappa shape index (κ2) is 10.7. The Bertz CT molecular complexity index is 1060. The third-order valence-corrected chi connectivity index (χ3v) is 5.65. The number of methoxy groups -OCH3 is 1. The molecule has 172 valence electrons. The Labute approximate surface area is 193 Å². The number of carbonyl (C=O) groups is 1. The van der Waals surface area contributed by atoms with Crippen molar-refractivity contribution in [2.75, 3.05) is 25.5 Å². The van der Waals surface area contributed by atoms with Gasteiger partial charge in [0.1, 0.15) is 11.5 Å².